The predicted molar refractivity (Wildman–Crippen MR) is 79.3 cm³/mol. The van der Waals surface area contributed by atoms with Gasteiger partial charge < -0.3 is 10.1 Å². The Kier molecular flexibility index (Phi) is 6.42. The zero-order chi connectivity index (χ0) is 15.7. The number of ether oxygens (including phenoxy) is 1. The van der Waals surface area contributed by atoms with Crippen LogP contribution in [0.4, 0.5) is 5.69 Å². The number of nitrogens with one attached hydrogen (secondary N) is 1. The van der Waals surface area contributed by atoms with E-state index < -0.39 is 18.0 Å². The summed E-state index contributed by atoms with van der Waals surface area (Å²) in [5.74, 6) is -1.06. The SMILES string of the molecule is C/C=C/C=C/C(=O)O[C@@H](C)C(=O)Nc1cccc(C#N)c1. The number of nitriles is 1. The van der Waals surface area contributed by atoms with Crippen molar-refractivity contribution in [3.05, 3.63) is 54.1 Å². The molecule has 21 heavy (non-hydrogen) atoms. The van der Waals surface area contributed by atoms with E-state index in [1.165, 1.54) is 19.1 Å². The van der Waals surface area contributed by atoms with Gasteiger partial charge in [0.15, 0.2) is 6.10 Å². The molecule has 0 heterocycles. The number of esters is 1. The summed E-state index contributed by atoms with van der Waals surface area (Å²) < 4.78 is 4.95. The van der Waals surface area contributed by atoms with Crippen molar-refractivity contribution in [2.24, 2.45) is 0 Å². The molecule has 5 heteroatoms. The average molecular weight is 284 g/mol. The van der Waals surface area contributed by atoms with Gasteiger partial charge in [0.2, 0.25) is 0 Å². The smallest absolute Gasteiger partial charge is 0.331 e. The quantitative estimate of drug-likeness (QED) is 0.512. The Hall–Kier alpha value is -2.87. The fourth-order valence-corrected chi connectivity index (χ4v) is 1.42. The molecular weight excluding hydrogens is 268 g/mol. The van der Waals surface area contributed by atoms with E-state index in [0.717, 1.165) is 0 Å². The predicted octanol–water partition coefficient (Wildman–Crippen LogP) is 2.56. The van der Waals surface area contributed by atoms with Crippen molar-refractivity contribution in [3.63, 3.8) is 0 Å². The highest BCUT2D eigenvalue weighted by Crippen LogP contribution is 2.10. The average Bonchev–Trinajstić information content (AvgIpc) is 2.47. The largest absolute Gasteiger partial charge is 0.449 e. The van der Waals surface area contributed by atoms with E-state index in [0.29, 0.717) is 11.3 Å². The fourth-order valence-electron chi connectivity index (χ4n) is 1.42. The monoisotopic (exact) mass is 284 g/mol. The molecule has 0 aliphatic rings. The van der Waals surface area contributed by atoms with Crippen LogP contribution in [0.1, 0.15) is 19.4 Å². The maximum absolute atomic E-state index is 11.9. The summed E-state index contributed by atoms with van der Waals surface area (Å²) in [5, 5.41) is 11.4. The summed E-state index contributed by atoms with van der Waals surface area (Å²) in [6.07, 6.45) is 5.28. The lowest BCUT2D eigenvalue weighted by Gasteiger charge is -2.12. The van der Waals surface area contributed by atoms with Crippen LogP contribution in [0, 0.1) is 11.3 Å². The molecule has 0 aromatic heterocycles. The van der Waals surface area contributed by atoms with E-state index in [-0.39, 0.29) is 0 Å². The van der Waals surface area contributed by atoms with Crippen LogP contribution in [0.15, 0.2) is 48.6 Å². The van der Waals surface area contributed by atoms with Gasteiger partial charge in [-0.05, 0) is 32.0 Å². The summed E-state index contributed by atoms with van der Waals surface area (Å²) in [7, 11) is 0. The zero-order valence-corrected chi connectivity index (χ0v) is 11.9. The van der Waals surface area contributed by atoms with Crippen molar-refractivity contribution in [1.82, 2.24) is 0 Å². The van der Waals surface area contributed by atoms with Crippen LogP contribution >= 0.6 is 0 Å². The van der Waals surface area contributed by atoms with Gasteiger partial charge in [-0.15, -0.1) is 0 Å². The molecule has 0 fully saturated rings. The minimum atomic E-state index is -0.932. The second kappa shape index (κ2) is 8.33. The van der Waals surface area contributed by atoms with Gasteiger partial charge in [-0.3, -0.25) is 4.79 Å². The molecular formula is C16H16N2O3. The number of allylic oxidation sites excluding steroid dienone is 3. The van der Waals surface area contributed by atoms with Crippen LogP contribution in [0.3, 0.4) is 0 Å². The van der Waals surface area contributed by atoms with Crippen molar-refractivity contribution >= 4 is 17.6 Å². The fraction of sp³-hybridized carbons (Fsp3) is 0.188. The Morgan fingerprint density at radius 2 is 2.14 bits per heavy atom. The lowest BCUT2D eigenvalue weighted by molar-refractivity contribution is -0.148. The van der Waals surface area contributed by atoms with Gasteiger partial charge in [0.05, 0.1) is 11.6 Å². The molecule has 0 saturated heterocycles. The number of amides is 1. The van der Waals surface area contributed by atoms with Gasteiger partial charge in [-0.1, -0.05) is 24.3 Å². The van der Waals surface area contributed by atoms with Gasteiger partial charge in [-0.25, -0.2) is 4.79 Å². The molecule has 1 aromatic rings. The van der Waals surface area contributed by atoms with Crippen molar-refractivity contribution < 1.29 is 14.3 Å². The summed E-state index contributed by atoms with van der Waals surface area (Å²) >= 11 is 0. The Morgan fingerprint density at radius 3 is 2.81 bits per heavy atom. The summed E-state index contributed by atoms with van der Waals surface area (Å²) in [6, 6.07) is 8.46. The van der Waals surface area contributed by atoms with Crippen molar-refractivity contribution in [2.45, 2.75) is 20.0 Å². The molecule has 0 unspecified atom stereocenters. The normalized spacial score (nSPS) is 12.0. The second-order valence-corrected chi connectivity index (χ2v) is 4.15. The van der Waals surface area contributed by atoms with Gasteiger partial charge in [-0.2, -0.15) is 5.26 Å². The lowest BCUT2D eigenvalue weighted by atomic mass is 10.2. The molecule has 0 radical (unpaired) electrons. The van der Waals surface area contributed by atoms with Crippen LogP contribution in [0.2, 0.25) is 0 Å². The Balaban J connectivity index is 2.58. The molecule has 108 valence electrons. The van der Waals surface area contributed by atoms with E-state index in [1.807, 2.05) is 13.0 Å². The molecule has 1 aromatic carbocycles. The second-order valence-electron chi connectivity index (χ2n) is 4.15. The third-order valence-corrected chi connectivity index (χ3v) is 2.46. The Bertz CT molecular complexity index is 612. The molecule has 0 bridgehead atoms. The van der Waals surface area contributed by atoms with Crippen molar-refractivity contribution in [2.75, 3.05) is 5.32 Å². The third kappa shape index (κ3) is 5.74. The van der Waals surface area contributed by atoms with E-state index in [9.17, 15) is 9.59 Å². The number of nitrogens with zero attached hydrogens (tertiary/aromatic N) is 1. The standard InChI is InChI=1S/C16H16N2O3/c1-3-4-5-9-15(19)21-12(2)16(20)18-14-8-6-7-13(10-14)11-17/h3-10,12H,1-2H3,(H,18,20)/b4-3+,9-5+/t12-/m0/s1. The van der Waals surface area contributed by atoms with Crippen LogP contribution < -0.4 is 5.32 Å². The third-order valence-electron chi connectivity index (χ3n) is 2.46. The lowest BCUT2D eigenvalue weighted by Crippen LogP contribution is -2.29. The molecule has 0 aliphatic carbocycles. The topological polar surface area (TPSA) is 79.2 Å². The number of rotatable bonds is 5. The molecule has 0 aliphatic heterocycles. The molecule has 0 saturated carbocycles. The van der Waals surface area contributed by atoms with Crippen LogP contribution in [0.25, 0.3) is 0 Å². The van der Waals surface area contributed by atoms with E-state index in [4.69, 9.17) is 10.00 Å². The first-order valence-electron chi connectivity index (χ1n) is 6.38. The highest BCUT2D eigenvalue weighted by Gasteiger charge is 2.16. The first kappa shape index (κ1) is 16.2. The van der Waals surface area contributed by atoms with Gasteiger partial charge in [0, 0.05) is 11.8 Å². The number of carbonyl (C=O) groups is 2. The minimum absolute atomic E-state index is 0.437. The molecule has 5 nitrogen and oxygen atoms in total. The van der Waals surface area contributed by atoms with Gasteiger partial charge in [0.1, 0.15) is 0 Å². The van der Waals surface area contributed by atoms with Gasteiger partial charge in [0.25, 0.3) is 5.91 Å². The molecule has 0 spiro atoms. The maximum Gasteiger partial charge on any atom is 0.331 e. The Morgan fingerprint density at radius 1 is 1.38 bits per heavy atom. The summed E-state index contributed by atoms with van der Waals surface area (Å²) in [5.41, 5.74) is 0.915. The van der Waals surface area contributed by atoms with Crippen LogP contribution in [-0.4, -0.2) is 18.0 Å². The van der Waals surface area contributed by atoms with Crippen LogP contribution in [0.5, 0.6) is 0 Å². The molecule has 1 N–H and O–H groups in total. The number of anilines is 1. The van der Waals surface area contributed by atoms with E-state index in [1.54, 1.807) is 36.4 Å². The number of carbonyl (C=O) groups excluding carboxylic acids is 2. The molecule has 1 rings (SSSR count). The van der Waals surface area contributed by atoms with Crippen molar-refractivity contribution in [1.29, 1.82) is 5.26 Å². The van der Waals surface area contributed by atoms with Crippen molar-refractivity contribution in [3.8, 4) is 6.07 Å². The molecule has 1 amide bonds. The number of benzene rings is 1. The van der Waals surface area contributed by atoms with E-state index >= 15 is 0 Å². The number of hydrogen-bond donors (Lipinski definition) is 1. The first-order chi connectivity index (χ1) is 10.1. The summed E-state index contributed by atoms with van der Waals surface area (Å²) in [4.78, 5) is 23.3. The highest BCUT2D eigenvalue weighted by molar-refractivity contribution is 5.96. The van der Waals surface area contributed by atoms with E-state index in [2.05, 4.69) is 5.32 Å². The number of hydrogen-bond acceptors (Lipinski definition) is 4. The maximum atomic E-state index is 11.9. The Labute approximate surface area is 123 Å². The van der Waals surface area contributed by atoms with Crippen LogP contribution in [-0.2, 0) is 14.3 Å². The van der Waals surface area contributed by atoms with Gasteiger partial charge >= 0.3 is 5.97 Å². The summed E-state index contributed by atoms with van der Waals surface area (Å²) in [6.45, 7) is 3.30. The molecule has 1 atom stereocenters. The first-order valence-corrected chi connectivity index (χ1v) is 6.38. The zero-order valence-electron chi connectivity index (χ0n) is 11.9. The highest BCUT2D eigenvalue weighted by atomic mass is 16.5. The minimum Gasteiger partial charge on any atom is -0.449 e.